The molecular formula is C33H43F3N6O4. The number of nitrogens with zero attached hydrogens (tertiary/aromatic N) is 3. The minimum Gasteiger partial charge on any atom is -0.339 e. The predicted molar refractivity (Wildman–Crippen MR) is 167 cm³/mol. The molecule has 13 heteroatoms. The Kier molecular flexibility index (Phi) is 11.3. The van der Waals surface area contributed by atoms with Crippen molar-refractivity contribution in [3.63, 3.8) is 0 Å². The van der Waals surface area contributed by atoms with Gasteiger partial charge in [-0.2, -0.15) is 5.10 Å². The number of halogens is 3. The van der Waals surface area contributed by atoms with Crippen molar-refractivity contribution >= 4 is 34.9 Å². The van der Waals surface area contributed by atoms with Crippen LogP contribution < -0.4 is 16.0 Å². The minimum absolute atomic E-state index is 0.0693. The van der Waals surface area contributed by atoms with Gasteiger partial charge in [-0.05, 0) is 67.9 Å². The molecule has 1 atom stereocenters. The fourth-order valence-corrected chi connectivity index (χ4v) is 5.94. The van der Waals surface area contributed by atoms with E-state index in [-0.39, 0.29) is 47.9 Å². The first-order valence-corrected chi connectivity index (χ1v) is 15.9. The molecule has 1 saturated heterocycles. The molecule has 2 heterocycles. The van der Waals surface area contributed by atoms with Gasteiger partial charge in [0, 0.05) is 45.1 Å². The molecule has 1 aliphatic heterocycles. The molecule has 1 aliphatic carbocycles. The number of hydrogen-bond donors (Lipinski definition) is 3. The Hall–Kier alpha value is -4.16. The lowest BCUT2D eigenvalue weighted by molar-refractivity contribution is -0.135. The van der Waals surface area contributed by atoms with Gasteiger partial charge in [0.2, 0.25) is 11.8 Å². The van der Waals surface area contributed by atoms with E-state index in [4.69, 9.17) is 0 Å². The van der Waals surface area contributed by atoms with E-state index in [9.17, 15) is 28.0 Å². The third-order valence-electron chi connectivity index (χ3n) is 8.97. The number of piperidine rings is 1. The van der Waals surface area contributed by atoms with Crippen LogP contribution in [0.2, 0.25) is 0 Å². The van der Waals surface area contributed by atoms with Crippen LogP contribution in [0.25, 0.3) is 5.57 Å². The van der Waals surface area contributed by atoms with Gasteiger partial charge in [-0.25, -0.2) is 13.2 Å². The Morgan fingerprint density at radius 1 is 1.04 bits per heavy atom. The van der Waals surface area contributed by atoms with Crippen molar-refractivity contribution in [1.82, 2.24) is 25.3 Å². The second-order valence-electron chi connectivity index (χ2n) is 12.2. The van der Waals surface area contributed by atoms with Crippen LogP contribution in [0.4, 0.5) is 18.9 Å². The van der Waals surface area contributed by atoms with Crippen molar-refractivity contribution in [3.05, 3.63) is 53.2 Å². The molecule has 250 valence electrons. The molecule has 2 aromatic rings. The SMILES string of the molecule is CCC(=O)N/C(C(=O)N1CCC(F)(F)CC1)=C(\C)c1ccc(NC(=O)[C@@H](NC(=O)c2ccnn2CC)C2CCC(C)CC2)c(F)c1. The van der Waals surface area contributed by atoms with Gasteiger partial charge >= 0.3 is 0 Å². The number of carbonyl (C=O) groups is 4. The number of rotatable bonds is 10. The summed E-state index contributed by atoms with van der Waals surface area (Å²) >= 11 is 0. The van der Waals surface area contributed by atoms with Crippen molar-refractivity contribution in [2.24, 2.45) is 11.8 Å². The third kappa shape index (κ3) is 8.35. The van der Waals surface area contributed by atoms with Crippen LogP contribution in [0.5, 0.6) is 0 Å². The molecule has 2 fully saturated rings. The highest BCUT2D eigenvalue weighted by molar-refractivity contribution is 6.04. The summed E-state index contributed by atoms with van der Waals surface area (Å²) in [5, 5.41) is 12.2. The molecule has 46 heavy (non-hydrogen) atoms. The molecule has 10 nitrogen and oxygen atoms in total. The zero-order valence-electron chi connectivity index (χ0n) is 26.8. The van der Waals surface area contributed by atoms with Gasteiger partial charge in [-0.3, -0.25) is 23.9 Å². The lowest BCUT2D eigenvalue weighted by Gasteiger charge is -2.32. The second-order valence-corrected chi connectivity index (χ2v) is 12.2. The summed E-state index contributed by atoms with van der Waals surface area (Å²) in [4.78, 5) is 53.7. The highest BCUT2D eigenvalue weighted by Crippen LogP contribution is 2.32. The number of benzene rings is 1. The van der Waals surface area contributed by atoms with E-state index in [1.54, 1.807) is 13.0 Å². The van der Waals surface area contributed by atoms with Gasteiger partial charge in [0.05, 0.1) is 5.69 Å². The number of carbonyl (C=O) groups excluding carboxylic acids is 4. The van der Waals surface area contributed by atoms with E-state index in [2.05, 4.69) is 28.0 Å². The Balaban J connectivity index is 1.57. The van der Waals surface area contributed by atoms with Gasteiger partial charge in [0.15, 0.2) is 0 Å². The number of hydrogen-bond acceptors (Lipinski definition) is 5. The molecule has 0 bridgehead atoms. The van der Waals surface area contributed by atoms with E-state index in [0.717, 1.165) is 31.7 Å². The number of likely N-dealkylation sites (tertiary alicyclic amines) is 1. The highest BCUT2D eigenvalue weighted by Gasteiger charge is 2.37. The highest BCUT2D eigenvalue weighted by atomic mass is 19.3. The summed E-state index contributed by atoms with van der Waals surface area (Å²) < 4.78 is 44.5. The standard InChI is InChI=1S/C33H43F3N6O4/c1-5-27(43)39-28(32(46)41-17-14-33(35,36)15-18-41)21(4)23-11-12-25(24(34)19-23)38-31(45)29(22-9-7-20(3)8-10-22)40-30(44)26-13-16-37-42(26)6-2/h11-13,16,19-20,22,29H,5-10,14-15,17-18H2,1-4H3,(H,38,45)(H,39,43)(H,40,44)/b28-21+/t20?,22?,29-/m0/s1. The maximum absolute atomic E-state index is 15.5. The Morgan fingerprint density at radius 2 is 1.72 bits per heavy atom. The molecule has 4 rings (SSSR count). The van der Waals surface area contributed by atoms with Gasteiger partial charge in [0.25, 0.3) is 17.7 Å². The molecule has 1 saturated carbocycles. The number of allylic oxidation sites excluding steroid dienone is 1. The summed E-state index contributed by atoms with van der Waals surface area (Å²) in [5.74, 6) is -5.37. The molecule has 3 N–H and O–H groups in total. The van der Waals surface area contributed by atoms with E-state index in [0.29, 0.717) is 18.2 Å². The molecule has 0 unspecified atom stereocenters. The lowest BCUT2D eigenvalue weighted by Crippen LogP contribution is -2.49. The van der Waals surface area contributed by atoms with Gasteiger partial charge < -0.3 is 20.9 Å². The van der Waals surface area contributed by atoms with Gasteiger partial charge in [0.1, 0.15) is 23.3 Å². The largest absolute Gasteiger partial charge is 0.339 e. The lowest BCUT2D eigenvalue weighted by atomic mass is 9.79. The first kappa shape index (κ1) is 34.7. The fraction of sp³-hybridized carbons (Fsp3) is 0.545. The number of aryl methyl sites for hydroxylation is 1. The molecule has 1 aromatic heterocycles. The van der Waals surface area contributed by atoms with Crippen LogP contribution in [0.3, 0.4) is 0 Å². The van der Waals surface area contributed by atoms with Crippen molar-refractivity contribution in [2.75, 3.05) is 18.4 Å². The molecule has 1 aromatic carbocycles. The Morgan fingerprint density at radius 3 is 2.33 bits per heavy atom. The Labute approximate surface area is 267 Å². The quantitative estimate of drug-likeness (QED) is 0.310. The zero-order valence-corrected chi connectivity index (χ0v) is 26.8. The van der Waals surface area contributed by atoms with Crippen molar-refractivity contribution in [1.29, 1.82) is 0 Å². The molecular weight excluding hydrogens is 601 g/mol. The Bertz CT molecular complexity index is 1470. The fourth-order valence-electron chi connectivity index (χ4n) is 5.94. The summed E-state index contributed by atoms with van der Waals surface area (Å²) in [5.41, 5.74) is 0.591. The second kappa shape index (κ2) is 15.0. The van der Waals surface area contributed by atoms with E-state index in [1.165, 1.54) is 34.8 Å². The van der Waals surface area contributed by atoms with E-state index in [1.807, 2.05) is 6.92 Å². The normalized spacial score (nSPS) is 20.7. The van der Waals surface area contributed by atoms with Gasteiger partial charge in [-0.1, -0.05) is 32.8 Å². The summed E-state index contributed by atoms with van der Waals surface area (Å²) in [6.45, 7) is 7.26. The smallest absolute Gasteiger partial charge is 0.270 e. The first-order valence-electron chi connectivity index (χ1n) is 15.9. The number of aromatic nitrogens is 2. The minimum atomic E-state index is -2.86. The van der Waals surface area contributed by atoms with Crippen molar-refractivity contribution in [3.8, 4) is 0 Å². The number of nitrogens with one attached hydrogen (secondary N) is 3. The number of amides is 4. The van der Waals surface area contributed by atoms with Crippen molar-refractivity contribution in [2.45, 2.75) is 91.1 Å². The first-order chi connectivity index (χ1) is 21.8. The summed E-state index contributed by atoms with van der Waals surface area (Å²) in [7, 11) is 0. The van der Waals surface area contributed by atoms with Gasteiger partial charge in [-0.15, -0.1) is 0 Å². The molecule has 0 spiro atoms. The summed E-state index contributed by atoms with van der Waals surface area (Å²) in [6, 6.07) is 4.65. The topological polar surface area (TPSA) is 125 Å². The number of anilines is 1. The van der Waals surface area contributed by atoms with Crippen LogP contribution >= 0.6 is 0 Å². The predicted octanol–water partition coefficient (Wildman–Crippen LogP) is 5.12. The van der Waals surface area contributed by atoms with Crippen molar-refractivity contribution < 1.29 is 32.3 Å². The molecule has 2 aliphatic rings. The van der Waals surface area contributed by atoms with E-state index < -0.39 is 54.3 Å². The summed E-state index contributed by atoms with van der Waals surface area (Å²) in [6.07, 6.45) is 3.88. The van der Waals surface area contributed by atoms with Crippen LogP contribution in [-0.4, -0.2) is 63.4 Å². The third-order valence-corrected chi connectivity index (χ3v) is 8.97. The molecule has 0 radical (unpaired) electrons. The van der Waals surface area contributed by atoms with Crippen LogP contribution in [-0.2, 0) is 20.9 Å². The number of alkyl halides is 2. The maximum atomic E-state index is 15.5. The zero-order chi connectivity index (χ0) is 33.6. The maximum Gasteiger partial charge on any atom is 0.270 e. The molecule has 4 amide bonds. The van der Waals surface area contributed by atoms with Crippen LogP contribution in [0.15, 0.2) is 36.2 Å². The average Bonchev–Trinajstić information content (AvgIpc) is 3.52. The van der Waals surface area contributed by atoms with Crippen LogP contribution in [0.1, 0.15) is 88.7 Å². The van der Waals surface area contributed by atoms with E-state index >= 15 is 4.39 Å². The monoisotopic (exact) mass is 644 g/mol. The average molecular weight is 645 g/mol. The van der Waals surface area contributed by atoms with Crippen LogP contribution in [0, 0.1) is 17.7 Å².